The summed E-state index contributed by atoms with van der Waals surface area (Å²) in [6, 6.07) is 8.37. The van der Waals surface area contributed by atoms with Gasteiger partial charge in [0.25, 0.3) is 0 Å². The Morgan fingerprint density at radius 2 is 2.08 bits per heavy atom. The van der Waals surface area contributed by atoms with Crippen molar-refractivity contribution in [3.63, 3.8) is 0 Å². The summed E-state index contributed by atoms with van der Waals surface area (Å²) in [5, 5.41) is 0.689. The number of hydrogen-bond acceptors (Lipinski definition) is 4. The van der Waals surface area contributed by atoms with Gasteiger partial charge in [-0.15, -0.1) is 11.3 Å². The molecule has 0 spiro atoms. The number of fused-ring (bicyclic) bond motifs is 1. The molecule has 0 atom stereocenters. The van der Waals surface area contributed by atoms with E-state index in [1.54, 1.807) is 0 Å². The van der Waals surface area contributed by atoms with Gasteiger partial charge in [0.2, 0.25) is 5.91 Å². The van der Waals surface area contributed by atoms with E-state index in [1.165, 1.54) is 23.0 Å². The Balaban J connectivity index is 1.78. The molecule has 2 N–H and O–H groups in total. The predicted molar refractivity (Wildman–Crippen MR) is 97.2 cm³/mol. The number of primary amides is 1. The van der Waals surface area contributed by atoms with Gasteiger partial charge in [-0.05, 0) is 36.2 Å². The molecule has 0 aliphatic carbocycles. The maximum absolute atomic E-state index is 14.3. The van der Waals surface area contributed by atoms with Gasteiger partial charge in [-0.2, -0.15) is 0 Å². The smallest absolute Gasteiger partial charge is 0.222 e. The first kappa shape index (κ1) is 18.3. The van der Waals surface area contributed by atoms with Crippen LogP contribution in [0.25, 0.3) is 10.2 Å². The minimum Gasteiger partial charge on any atom is -0.483 e. The molecule has 1 aromatic heterocycles. The highest BCUT2D eigenvalue weighted by molar-refractivity contribution is 7.18. The standard InChI is InChI=1S/C19H18F2N2O2S/c1-2-3-11-4-6-14-16(8-11)26-18(23-14)10-25-15-7-5-13(20)12(19(15)21)9-17(22)24/h4-8H,2-3,9-10H2,1H3,(H2,22,24). The van der Waals surface area contributed by atoms with E-state index in [0.29, 0.717) is 5.01 Å². The van der Waals surface area contributed by atoms with Crippen LogP contribution in [0.4, 0.5) is 8.78 Å². The lowest BCUT2D eigenvalue weighted by Gasteiger charge is -2.09. The zero-order valence-corrected chi connectivity index (χ0v) is 15.0. The van der Waals surface area contributed by atoms with Crippen molar-refractivity contribution in [2.24, 2.45) is 5.73 Å². The lowest BCUT2D eigenvalue weighted by Crippen LogP contribution is -2.16. The molecule has 0 bridgehead atoms. The second kappa shape index (κ2) is 7.78. The van der Waals surface area contributed by atoms with Crippen molar-refractivity contribution in [2.45, 2.75) is 32.8 Å². The van der Waals surface area contributed by atoms with E-state index < -0.39 is 24.0 Å². The topological polar surface area (TPSA) is 65.2 Å². The highest BCUT2D eigenvalue weighted by Crippen LogP contribution is 2.27. The summed E-state index contributed by atoms with van der Waals surface area (Å²) in [5.41, 5.74) is 6.76. The molecule has 0 aliphatic rings. The summed E-state index contributed by atoms with van der Waals surface area (Å²) >= 11 is 1.47. The summed E-state index contributed by atoms with van der Waals surface area (Å²) in [6.07, 6.45) is 1.55. The average molecular weight is 376 g/mol. The maximum atomic E-state index is 14.3. The monoisotopic (exact) mass is 376 g/mol. The summed E-state index contributed by atoms with van der Waals surface area (Å²) in [5.74, 6) is -2.67. The lowest BCUT2D eigenvalue weighted by atomic mass is 10.1. The summed E-state index contributed by atoms with van der Waals surface area (Å²) in [7, 11) is 0. The number of benzene rings is 2. The van der Waals surface area contributed by atoms with Gasteiger partial charge in [0.1, 0.15) is 17.4 Å². The quantitative estimate of drug-likeness (QED) is 0.674. The molecule has 0 unspecified atom stereocenters. The van der Waals surface area contributed by atoms with Crippen LogP contribution in [-0.2, 0) is 24.2 Å². The van der Waals surface area contributed by atoms with Crippen LogP contribution in [0.2, 0.25) is 0 Å². The van der Waals surface area contributed by atoms with Crippen LogP contribution in [0.5, 0.6) is 5.75 Å². The van der Waals surface area contributed by atoms with E-state index in [9.17, 15) is 13.6 Å². The van der Waals surface area contributed by atoms with Gasteiger partial charge in [0, 0.05) is 5.56 Å². The second-order valence-corrected chi connectivity index (χ2v) is 7.04. The SMILES string of the molecule is CCCc1ccc2nc(COc3ccc(F)c(CC(N)=O)c3F)sc2c1. The number of amides is 1. The first-order chi connectivity index (χ1) is 12.5. The number of halogens is 2. The van der Waals surface area contributed by atoms with Gasteiger partial charge in [-0.3, -0.25) is 4.79 Å². The van der Waals surface area contributed by atoms with E-state index in [-0.39, 0.29) is 17.9 Å². The maximum Gasteiger partial charge on any atom is 0.222 e. The van der Waals surface area contributed by atoms with Crippen LogP contribution in [-0.4, -0.2) is 10.9 Å². The average Bonchev–Trinajstić information content (AvgIpc) is 3.00. The Labute approximate surface area is 153 Å². The molecule has 0 radical (unpaired) electrons. The number of aryl methyl sites for hydroxylation is 1. The fourth-order valence-electron chi connectivity index (χ4n) is 2.69. The first-order valence-corrected chi connectivity index (χ1v) is 9.06. The van der Waals surface area contributed by atoms with Gasteiger partial charge in [0.05, 0.1) is 16.6 Å². The fourth-order valence-corrected chi connectivity index (χ4v) is 3.63. The van der Waals surface area contributed by atoms with Crippen molar-refractivity contribution in [2.75, 3.05) is 0 Å². The lowest BCUT2D eigenvalue weighted by molar-refractivity contribution is -0.117. The van der Waals surface area contributed by atoms with Crippen molar-refractivity contribution in [1.29, 1.82) is 0 Å². The third-order valence-corrected chi connectivity index (χ3v) is 4.88. The number of carbonyl (C=O) groups excluding carboxylic acids is 1. The molecule has 7 heteroatoms. The molecule has 0 saturated carbocycles. The van der Waals surface area contributed by atoms with Crippen molar-refractivity contribution in [3.8, 4) is 5.75 Å². The number of nitrogens with zero attached hydrogens (tertiary/aromatic N) is 1. The molecule has 1 amide bonds. The van der Waals surface area contributed by atoms with Crippen LogP contribution in [0.1, 0.15) is 29.5 Å². The third-order valence-electron chi connectivity index (χ3n) is 3.89. The number of nitrogens with two attached hydrogens (primary N) is 1. The molecule has 0 fully saturated rings. The van der Waals surface area contributed by atoms with Gasteiger partial charge >= 0.3 is 0 Å². The molecule has 4 nitrogen and oxygen atoms in total. The van der Waals surface area contributed by atoms with Crippen molar-refractivity contribution in [1.82, 2.24) is 4.98 Å². The van der Waals surface area contributed by atoms with Gasteiger partial charge in [-0.25, -0.2) is 13.8 Å². The fraction of sp³-hybridized carbons (Fsp3) is 0.263. The Morgan fingerprint density at radius 3 is 2.81 bits per heavy atom. The number of thiazole rings is 1. The molecular formula is C19H18F2N2O2S. The van der Waals surface area contributed by atoms with E-state index >= 15 is 0 Å². The molecule has 26 heavy (non-hydrogen) atoms. The largest absolute Gasteiger partial charge is 0.483 e. The Hall–Kier alpha value is -2.54. The van der Waals surface area contributed by atoms with E-state index in [0.717, 1.165) is 29.1 Å². The Kier molecular flexibility index (Phi) is 5.46. The molecular weight excluding hydrogens is 358 g/mol. The zero-order chi connectivity index (χ0) is 18.7. The number of carbonyl (C=O) groups is 1. The molecule has 3 aromatic rings. The zero-order valence-electron chi connectivity index (χ0n) is 14.2. The van der Waals surface area contributed by atoms with Crippen molar-refractivity contribution in [3.05, 3.63) is 58.1 Å². The minimum absolute atomic E-state index is 0.0566. The number of rotatable bonds is 7. The third kappa shape index (κ3) is 3.99. The van der Waals surface area contributed by atoms with Crippen molar-refractivity contribution >= 4 is 27.5 Å². The number of ether oxygens (including phenoxy) is 1. The van der Waals surface area contributed by atoms with Crippen LogP contribution in [0.3, 0.4) is 0 Å². The van der Waals surface area contributed by atoms with E-state index in [4.69, 9.17) is 10.5 Å². The molecule has 136 valence electrons. The number of hydrogen-bond donors (Lipinski definition) is 1. The predicted octanol–water partition coefficient (Wildman–Crippen LogP) is 4.13. The molecule has 1 heterocycles. The van der Waals surface area contributed by atoms with Gasteiger partial charge < -0.3 is 10.5 Å². The Bertz CT molecular complexity index is 956. The van der Waals surface area contributed by atoms with E-state index in [2.05, 4.69) is 18.0 Å². The van der Waals surface area contributed by atoms with E-state index in [1.807, 2.05) is 12.1 Å². The summed E-state index contributed by atoms with van der Waals surface area (Å²) in [4.78, 5) is 15.4. The minimum atomic E-state index is -0.907. The van der Waals surface area contributed by atoms with Gasteiger partial charge in [-0.1, -0.05) is 19.4 Å². The second-order valence-electron chi connectivity index (χ2n) is 5.93. The molecule has 2 aromatic carbocycles. The normalized spacial score (nSPS) is 11.0. The molecule has 0 saturated heterocycles. The van der Waals surface area contributed by atoms with Gasteiger partial charge in [0.15, 0.2) is 11.6 Å². The summed E-state index contributed by atoms with van der Waals surface area (Å²) in [6.45, 7) is 2.18. The van der Waals surface area contributed by atoms with Crippen LogP contribution < -0.4 is 10.5 Å². The molecule has 3 rings (SSSR count). The number of aromatic nitrogens is 1. The van der Waals surface area contributed by atoms with Crippen LogP contribution in [0.15, 0.2) is 30.3 Å². The highest BCUT2D eigenvalue weighted by atomic mass is 32.1. The Morgan fingerprint density at radius 1 is 1.27 bits per heavy atom. The highest BCUT2D eigenvalue weighted by Gasteiger charge is 2.17. The van der Waals surface area contributed by atoms with Crippen LogP contribution >= 0.6 is 11.3 Å². The first-order valence-electron chi connectivity index (χ1n) is 8.24. The van der Waals surface area contributed by atoms with Crippen LogP contribution in [0, 0.1) is 11.6 Å². The van der Waals surface area contributed by atoms with Crippen molar-refractivity contribution < 1.29 is 18.3 Å². The molecule has 0 aliphatic heterocycles. The summed E-state index contributed by atoms with van der Waals surface area (Å²) < 4.78 is 34.5.